The van der Waals surface area contributed by atoms with Gasteiger partial charge in [-0.25, -0.2) is 0 Å². The van der Waals surface area contributed by atoms with Gasteiger partial charge in [0, 0.05) is 23.9 Å². The van der Waals surface area contributed by atoms with Gasteiger partial charge in [-0.1, -0.05) is 155 Å². The summed E-state index contributed by atoms with van der Waals surface area (Å²) in [7, 11) is 2.04. The summed E-state index contributed by atoms with van der Waals surface area (Å²) in [5, 5.41) is 32.1. The predicted molar refractivity (Wildman–Crippen MR) is 214 cm³/mol. The van der Waals surface area contributed by atoms with Crippen molar-refractivity contribution in [1.82, 2.24) is 4.90 Å². The van der Waals surface area contributed by atoms with Gasteiger partial charge in [-0.3, -0.25) is 24.1 Å². The van der Waals surface area contributed by atoms with Gasteiger partial charge in [0.05, 0.1) is 23.7 Å². The second-order valence-corrected chi connectivity index (χ2v) is 17.8. The highest BCUT2D eigenvalue weighted by Gasteiger charge is 2.62. The molecule has 9 nitrogen and oxygen atoms in total. The molecular formula is C44H81NO8. The van der Waals surface area contributed by atoms with Crippen molar-refractivity contribution in [3.05, 3.63) is 0 Å². The second-order valence-electron chi connectivity index (χ2n) is 17.8. The molecule has 1 heterocycles. The van der Waals surface area contributed by atoms with E-state index in [4.69, 9.17) is 4.74 Å². The molecule has 0 aromatic carbocycles. The molecule has 0 amide bonds. The lowest BCUT2D eigenvalue weighted by Gasteiger charge is -2.53. The van der Waals surface area contributed by atoms with Crippen LogP contribution in [0.4, 0.5) is 0 Å². The lowest BCUT2D eigenvalue weighted by Crippen LogP contribution is -2.60. The fourth-order valence-corrected chi connectivity index (χ4v) is 9.05. The van der Waals surface area contributed by atoms with Gasteiger partial charge in [-0.2, -0.15) is 0 Å². The average Bonchev–Trinajstić information content (AvgIpc) is 3.06. The van der Waals surface area contributed by atoms with Gasteiger partial charge in [-0.05, 0) is 47.6 Å². The smallest absolute Gasteiger partial charge is 0.311 e. The monoisotopic (exact) mass is 752 g/mol. The maximum absolute atomic E-state index is 13.9. The molecule has 1 fully saturated rings. The first-order valence-corrected chi connectivity index (χ1v) is 21.6. The van der Waals surface area contributed by atoms with Crippen LogP contribution in [-0.2, 0) is 23.9 Å². The Morgan fingerprint density at radius 3 is 1.15 bits per heavy atom. The molecule has 0 bridgehead atoms. The van der Waals surface area contributed by atoms with Crippen molar-refractivity contribution in [3.8, 4) is 0 Å². The fraction of sp³-hybridized carbons (Fsp3) is 0.909. The molecule has 1 aliphatic heterocycles. The van der Waals surface area contributed by atoms with E-state index in [-0.39, 0.29) is 23.9 Å². The number of carboxylic acid groups (broad SMARTS) is 3. The number of hydrogen-bond acceptors (Lipinski definition) is 6. The molecule has 53 heavy (non-hydrogen) atoms. The summed E-state index contributed by atoms with van der Waals surface area (Å²) in [6.45, 7) is 12.7. The van der Waals surface area contributed by atoms with Gasteiger partial charge in [0.1, 0.15) is 6.10 Å². The van der Waals surface area contributed by atoms with Crippen LogP contribution in [0.25, 0.3) is 0 Å². The first kappa shape index (κ1) is 48.9. The highest BCUT2D eigenvalue weighted by atomic mass is 16.5. The predicted octanol–water partition coefficient (Wildman–Crippen LogP) is 11.6. The fourth-order valence-electron chi connectivity index (χ4n) is 9.05. The van der Waals surface area contributed by atoms with E-state index in [1.807, 2.05) is 7.05 Å². The van der Waals surface area contributed by atoms with Crippen molar-refractivity contribution >= 4 is 23.9 Å². The number of unbranched alkanes of at least 4 members (excludes halogenated alkanes) is 20. The van der Waals surface area contributed by atoms with E-state index >= 15 is 0 Å². The summed E-state index contributed by atoms with van der Waals surface area (Å²) >= 11 is 0. The Labute approximate surface area is 323 Å². The van der Waals surface area contributed by atoms with Crippen LogP contribution in [0, 0.1) is 10.8 Å². The molecule has 0 spiro atoms. The van der Waals surface area contributed by atoms with E-state index in [2.05, 4.69) is 46.4 Å². The number of ether oxygens (including phenoxy) is 1. The second kappa shape index (κ2) is 25.1. The Bertz CT molecular complexity index is 1060. The number of likely N-dealkylation sites (tertiary alicyclic amines) is 1. The third-order valence-electron chi connectivity index (χ3n) is 12.6. The minimum absolute atomic E-state index is 0.0869. The number of carbonyl (C=O) groups is 4. The van der Waals surface area contributed by atoms with Crippen molar-refractivity contribution in [3.63, 3.8) is 0 Å². The summed E-state index contributed by atoms with van der Waals surface area (Å²) in [6, 6.07) is 0. The number of hydrogen-bond donors (Lipinski definition) is 3. The van der Waals surface area contributed by atoms with Gasteiger partial charge >= 0.3 is 23.9 Å². The van der Waals surface area contributed by atoms with Crippen molar-refractivity contribution in [2.45, 2.75) is 239 Å². The van der Waals surface area contributed by atoms with Crippen LogP contribution in [0.3, 0.4) is 0 Å². The molecule has 2 unspecified atom stereocenters. The topological polar surface area (TPSA) is 141 Å². The van der Waals surface area contributed by atoms with Crippen LogP contribution < -0.4 is 0 Å². The molecule has 310 valence electrons. The zero-order chi connectivity index (χ0) is 40.0. The minimum Gasteiger partial charge on any atom is -0.481 e. The normalized spacial score (nSPS) is 18.2. The number of carbonyl (C=O) groups excluding carboxylic acids is 1. The SMILES string of the molecule is CCCCCCCCCCCCCC(CC(=O)O)(C(=O)O)C(CCCCCCCCCCCCC)(CC(=O)OC1CC(C)(C)N(C)C(C)(C)C1)C(=O)O. The Morgan fingerprint density at radius 1 is 0.547 bits per heavy atom. The zero-order valence-corrected chi connectivity index (χ0v) is 35.2. The Morgan fingerprint density at radius 2 is 0.849 bits per heavy atom. The highest BCUT2D eigenvalue weighted by molar-refractivity contribution is 5.92. The van der Waals surface area contributed by atoms with E-state index < -0.39 is 53.7 Å². The van der Waals surface area contributed by atoms with Crippen molar-refractivity contribution < 1.29 is 39.2 Å². The minimum atomic E-state index is -2.16. The molecule has 9 heteroatoms. The highest BCUT2D eigenvalue weighted by Crippen LogP contribution is 2.53. The Hall–Kier alpha value is -2.16. The van der Waals surface area contributed by atoms with Crippen LogP contribution in [0.15, 0.2) is 0 Å². The van der Waals surface area contributed by atoms with E-state index in [1.165, 1.54) is 70.6 Å². The van der Waals surface area contributed by atoms with Gasteiger partial charge in [0.2, 0.25) is 0 Å². The number of nitrogens with zero attached hydrogens (tertiary/aromatic N) is 1. The van der Waals surface area contributed by atoms with Gasteiger partial charge in [0.25, 0.3) is 0 Å². The number of piperidine rings is 1. The number of rotatable bonds is 32. The third-order valence-corrected chi connectivity index (χ3v) is 12.6. The largest absolute Gasteiger partial charge is 0.481 e. The van der Waals surface area contributed by atoms with E-state index in [1.54, 1.807) is 0 Å². The molecule has 0 aromatic heterocycles. The molecule has 0 aliphatic carbocycles. The van der Waals surface area contributed by atoms with Gasteiger partial charge in [0.15, 0.2) is 0 Å². The van der Waals surface area contributed by atoms with Crippen molar-refractivity contribution in [2.75, 3.05) is 7.05 Å². The van der Waals surface area contributed by atoms with E-state index in [9.17, 15) is 34.5 Å². The van der Waals surface area contributed by atoms with Gasteiger partial charge < -0.3 is 20.1 Å². The summed E-state index contributed by atoms with van der Waals surface area (Å²) in [4.78, 5) is 55.6. The standard InChI is InChI=1S/C44H81NO8/c1-8-10-12-14-16-18-20-22-24-26-28-30-43(39(49)50,34-37(46)47)44(40(51)52,31-29-27-25-23-21-19-17-15-13-11-9-2)35-38(48)53-36-32-41(3,4)45(7)42(5,6)33-36/h36H,8-35H2,1-7H3,(H,46,47)(H,49,50)(H,51,52). The Balaban J connectivity index is 3.21. The van der Waals surface area contributed by atoms with Crippen LogP contribution in [-0.4, -0.2) is 68.3 Å². The molecular weight excluding hydrogens is 670 g/mol. The molecule has 0 saturated carbocycles. The van der Waals surface area contributed by atoms with Crippen LogP contribution in [0.1, 0.15) is 221 Å². The van der Waals surface area contributed by atoms with E-state index in [0.717, 1.165) is 44.9 Å². The Kier molecular flexibility index (Phi) is 23.1. The van der Waals surface area contributed by atoms with Crippen LogP contribution in [0.2, 0.25) is 0 Å². The lowest BCUT2D eigenvalue weighted by atomic mass is 9.55. The lowest BCUT2D eigenvalue weighted by molar-refractivity contribution is -0.188. The first-order chi connectivity index (χ1) is 25.0. The van der Waals surface area contributed by atoms with Crippen molar-refractivity contribution in [2.24, 2.45) is 10.8 Å². The number of esters is 1. The molecule has 0 radical (unpaired) electrons. The van der Waals surface area contributed by atoms with Gasteiger partial charge in [-0.15, -0.1) is 0 Å². The summed E-state index contributed by atoms with van der Waals surface area (Å²) < 4.78 is 6.05. The average molecular weight is 752 g/mol. The number of carboxylic acids is 3. The van der Waals surface area contributed by atoms with Crippen molar-refractivity contribution in [1.29, 1.82) is 0 Å². The zero-order valence-electron chi connectivity index (χ0n) is 35.2. The maximum atomic E-state index is 13.9. The molecule has 1 saturated heterocycles. The molecule has 3 N–H and O–H groups in total. The molecule has 0 aromatic rings. The molecule has 2 atom stereocenters. The molecule has 1 aliphatic rings. The van der Waals surface area contributed by atoms with E-state index in [0.29, 0.717) is 38.5 Å². The number of aliphatic carboxylic acids is 3. The quantitative estimate of drug-likeness (QED) is 0.0452. The van der Waals surface area contributed by atoms with Crippen LogP contribution >= 0.6 is 0 Å². The van der Waals surface area contributed by atoms with Crippen LogP contribution in [0.5, 0.6) is 0 Å². The third kappa shape index (κ3) is 16.6. The molecule has 1 rings (SSSR count). The first-order valence-electron chi connectivity index (χ1n) is 21.6. The maximum Gasteiger partial charge on any atom is 0.311 e. The summed E-state index contributed by atoms with van der Waals surface area (Å²) in [5.41, 5.74) is -4.85. The summed E-state index contributed by atoms with van der Waals surface area (Å²) in [5.74, 6) is -5.00. The summed E-state index contributed by atoms with van der Waals surface area (Å²) in [6.07, 6.45) is 21.8.